The second-order valence-corrected chi connectivity index (χ2v) is 4.28. The van der Waals surface area contributed by atoms with Crippen molar-refractivity contribution in [3.05, 3.63) is 47.5 Å². The summed E-state index contributed by atoms with van der Waals surface area (Å²) < 4.78 is 0. The highest BCUT2D eigenvalue weighted by molar-refractivity contribution is 6.31. The highest BCUT2D eigenvalue weighted by Crippen LogP contribution is 2.16. The Balaban J connectivity index is 2.17. The van der Waals surface area contributed by atoms with Crippen molar-refractivity contribution in [1.82, 2.24) is 10.2 Å². The maximum absolute atomic E-state index is 11.9. The van der Waals surface area contributed by atoms with Crippen LogP contribution >= 0.6 is 11.6 Å². The first-order valence-corrected chi connectivity index (χ1v) is 6.07. The Kier molecular flexibility index (Phi) is 3.99. The number of nitrogens with one attached hydrogen (secondary N) is 1. The summed E-state index contributed by atoms with van der Waals surface area (Å²) in [5, 5.41) is 3.38. The molecule has 0 unspecified atom stereocenters. The Morgan fingerprint density at radius 1 is 1.61 bits per heavy atom. The molecule has 0 aliphatic carbocycles. The summed E-state index contributed by atoms with van der Waals surface area (Å²) in [5.41, 5.74) is 0.855. The molecule has 1 N–H and O–H groups in total. The molecule has 2 rings (SSSR count). The topological polar surface area (TPSA) is 44.7 Å². The molecule has 0 saturated heterocycles. The van der Waals surface area contributed by atoms with Crippen molar-refractivity contribution in [2.24, 2.45) is 4.99 Å². The zero-order valence-electron chi connectivity index (χ0n) is 9.90. The monoisotopic (exact) mass is 263 g/mol. The molecular formula is C13H14ClN3O. The van der Waals surface area contributed by atoms with Crippen LogP contribution in [0.1, 0.15) is 5.56 Å². The van der Waals surface area contributed by atoms with Gasteiger partial charge in [0.15, 0.2) is 0 Å². The van der Waals surface area contributed by atoms with E-state index in [2.05, 4.69) is 16.9 Å². The van der Waals surface area contributed by atoms with Gasteiger partial charge in [0, 0.05) is 23.7 Å². The Morgan fingerprint density at radius 3 is 3.17 bits per heavy atom. The van der Waals surface area contributed by atoms with Gasteiger partial charge in [-0.1, -0.05) is 29.8 Å². The minimum absolute atomic E-state index is 0.161. The van der Waals surface area contributed by atoms with Gasteiger partial charge in [-0.15, -0.1) is 6.58 Å². The first-order chi connectivity index (χ1) is 8.72. The average Bonchev–Trinajstić information content (AvgIpc) is 2.85. The second kappa shape index (κ2) is 5.69. The number of amides is 2. The van der Waals surface area contributed by atoms with Crippen LogP contribution < -0.4 is 5.32 Å². The number of nitrogens with zero attached hydrogens (tertiary/aromatic N) is 2. The molecule has 1 aromatic rings. The van der Waals surface area contributed by atoms with Crippen molar-refractivity contribution in [2.45, 2.75) is 0 Å². The zero-order chi connectivity index (χ0) is 13.0. The van der Waals surface area contributed by atoms with Crippen LogP contribution in [0.5, 0.6) is 0 Å². The average molecular weight is 264 g/mol. The number of hydrogen-bond donors (Lipinski definition) is 1. The molecule has 2 amide bonds. The first kappa shape index (κ1) is 12.6. The number of hydrogen-bond acceptors (Lipinski definition) is 2. The maximum Gasteiger partial charge on any atom is 0.323 e. The molecule has 94 valence electrons. The van der Waals surface area contributed by atoms with Gasteiger partial charge in [-0.3, -0.25) is 9.89 Å². The van der Waals surface area contributed by atoms with E-state index >= 15 is 0 Å². The summed E-state index contributed by atoms with van der Waals surface area (Å²) in [6.07, 6.45) is 1.64. The summed E-state index contributed by atoms with van der Waals surface area (Å²) >= 11 is 5.95. The number of halogens is 1. The van der Waals surface area contributed by atoms with E-state index in [1.165, 1.54) is 0 Å². The fourth-order valence-electron chi connectivity index (χ4n) is 1.77. The van der Waals surface area contributed by atoms with Gasteiger partial charge >= 0.3 is 6.03 Å². The van der Waals surface area contributed by atoms with Crippen LogP contribution in [-0.4, -0.2) is 36.4 Å². The van der Waals surface area contributed by atoms with Crippen LogP contribution in [0.4, 0.5) is 4.79 Å². The van der Waals surface area contributed by atoms with Crippen molar-refractivity contribution in [1.29, 1.82) is 0 Å². The number of benzene rings is 1. The van der Waals surface area contributed by atoms with Crippen molar-refractivity contribution >= 4 is 23.5 Å². The third-order valence-electron chi connectivity index (χ3n) is 2.57. The van der Waals surface area contributed by atoms with E-state index in [4.69, 9.17) is 11.6 Å². The van der Waals surface area contributed by atoms with E-state index < -0.39 is 0 Å². The van der Waals surface area contributed by atoms with Crippen LogP contribution in [0.25, 0.3) is 0 Å². The summed E-state index contributed by atoms with van der Waals surface area (Å²) in [7, 11) is 0. The highest BCUT2D eigenvalue weighted by Gasteiger charge is 2.24. The summed E-state index contributed by atoms with van der Waals surface area (Å²) in [6.45, 7) is 5.21. The second-order valence-electron chi connectivity index (χ2n) is 3.84. The number of carbonyl (C=O) groups excluding carboxylic acids is 1. The van der Waals surface area contributed by atoms with E-state index in [-0.39, 0.29) is 6.03 Å². The number of amidine groups is 1. The van der Waals surface area contributed by atoms with Crippen LogP contribution in [0.3, 0.4) is 0 Å². The Bertz CT molecular complexity index is 499. The lowest BCUT2D eigenvalue weighted by Crippen LogP contribution is -2.42. The van der Waals surface area contributed by atoms with Gasteiger partial charge in [-0.05, 0) is 12.1 Å². The molecule has 5 heteroatoms. The fraction of sp³-hybridized carbons (Fsp3) is 0.231. The van der Waals surface area contributed by atoms with Gasteiger partial charge in [-0.25, -0.2) is 4.79 Å². The van der Waals surface area contributed by atoms with Gasteiger partial charge in [0.1, 0.15) is 5.84 Å². The Hall–Kier alpha value is -1.81. The Labute approximate surface area is 111 Å². The lowest BCUT2D eigenvalue weighted by Gasteiger charge is -2.18. The van der Waals surface area contributed by atoms with E-state index in [0.717, 1.165) is 5.56 Å². The molecule has 1 heterocycles. The predicted octanol–water partition coefficient (Wildman–Crippen LogP) is 2.30. The minimum atomic E-state index is -0.161. The predicted molar refractivity (Wildman–Crippen MR) is 73.2 cm³/mol. The van der Waals surface area contributed by atoms with Crippen LogP contribution in [-0.2, 0) is 0 Å². The third kappa shape index (κ3) is 2.71. The highest BCUT2D eigenvalue weighted by atomic mass is 35.5. The van der Waals surface area contributed by atoms with Crippen molar-refractivity contribution in [3.8, 4) is 0 Å². The maximum atomic E-state index is 11.9. The van der Waals surface area contributed by atoms with Crippen LogP contribution in [0.2, 0.25) is 5.02 Å². The van der Waals surface area contributed by atoms with Crippen LogP contribution in [0.15, 0.2) is 41.9 Å². The third-order valence-corrected chi connectivity index (χ3v) is 2.80. The molecule has 0 saturated carbocycles. The Morgan fingerprint density at radius 2 is 2.44 bits per heavy atom. The minimum Gasteiger partial charge on any atom is -0.334 e. The summed E-state index contributed by atoms with van der Waals surface area (Å²) in [6, 6.07) is 7.18. The lowest BCUT2D eigenvalue weighted by atomic mass is 10.2. The molecular weight excluding hydrogens is 250 g/mol. The molecule has 1 aromatic carbocycles. The first-order valence-electron chi connectivity index (χ1n) is 5.69. The molecule has 0 atom stereocenters. The number of rotatable bonds is 3. The standard InChI is InChI=1S/C13H14ClN3O/c1-2-6-16-13(18)17-8-7-15-12(17)10-4-3-5-11(14)9-10/h2-5,9H,1,6-8H2,(H,16,18). The largest absolute Gasteiger partial charge is 0.334 e. The van der Waals surface area contributed by atoms with E-state index in [1.807, 2.05) is 12.1 Å². The summed E-state index contributed by atoms with van der Waals surface area (Å²) in [4.78, 5) is 17.9. The van der Waals surface area contributed by atoms with Crippen molar-refractivity contribution in [3.63, 3.8) is 0 Å². The molecule has 18 heavy (non-hydrogen) atoms. The molecule has 1 aliphatic heterocycles. The van der Waals surface area contributed by atoms with E-state index in [9.17, 15) is 4.79 Å². The molecule has 0 spiro atoms. The van der Waals surface area contributed by atoms with Gasteiger partial charge in [0.25, 0.3) is 0 Å². The molecule has 0 fully saturated rings. The van der Waals surface area contributed by atoms with Crippen LogP contribution in [0, 0.1) is 0 Å². The quantitative estimate of drug-likeness (QED) is 0.836. The summed E-state index contributed by atoms with van der Waals surface area (Å²) in [5.74, 6) is 0.666. The molecule has 0 aromatic heterocycles. The normalized spacial score (nSPS) is 14.3. The molecule has 4 nitrogen and oxygen atoms in total. The lowest BCUT2D eigenvalue weighted by molar-refractivity contribution is 0.224. The van der Waals surface area contributed by atoms with Crippen molar-refractivity contribution < 1.29 is 4.79 Å². The van der Waals surface area contributed by atoms with Gasteiger partial charge < -0.3 is 5.32 Å². The van der Waals surface area contributed by atoms with Gasteiger partial charge in [0.05, 0.1) is 6.54 Å². The molecule has 1 aliphatic rings. The van der Waals surface area contributed by atoms with Gasteiger partial charge in [-0.2, -0.15) is 0 Å². The number of aliphatic imine (C=N–C) groups is 1. The van der Waals surface area contributed by atoms with E-state index in [1.54, 1.807) is 23.1 Å². The fourth-order valence-corrected chi connectivity index (χ4v) is 1.96. The SMILES string of the molecule is C=CCNC(=O)N1CCN=C1c1cccc(Cl)c1. The molecule has 0 radical (unpaired) electrons. The number of carbonyl (C=O) groups is 1. The molecule has 0 bridgehead atoms. The number of urea groups is 1. The smallest absolute Gasteiger partial charge is 0.323 e. The van der Waals surface area contributed by atoms with Gasteiger partial charge in [0.2, 0.25) is 0 Å². The van der Waals surface area contributed by atoms with Crippen molar-refractivity contribution in [2.75, 3.05) is 19.6 Å². The van der Waals surface area contributed by atoms with E-state index in [0.29, 0.717) is 30.5 Å². The zero-order valence-corrected chi connectivity index (χ0v) is 10.7.